The largest absolute Gasteiger partial charge is 0.508 e. The molecule has 0 aliphatic carbocycles. The first-order valence-corrected chi connectivity index (χ1v) is 12.6. The van der Waals surface area contributed by atoms with Crippen molar-refractivity contribution < 1.29 is 33.6 Å². The van der Waals surface area contributed by atoms with E-state index in [0.717, 1.165) is 11.1 Å². The molecule has 7 heteroatoms. The standard InChI is InChI=1S/C33H26O7/c1-37-32(35)29(25-14-18-27(19-15-25)38-20-22-8-4-2-5-9-22)31-30(39-21-23-10-6-3-7-11-23)28(33(36)40-31)24-12-16-26(34)17-13-24/h2-19,34H,20-21H2,1H3/b31-29+. The quantitative estimate of drug-likeness (QED) is 0.207. The lowest BCUT2D eigenvalue weighted by Gasteiger charge is -2.14. The molecule has 1 heterocycles. The maximum absolute atomic E-state index is 13.2. The summed E-state index contributed by atoms with van der Waals surface area (Å²) in [4.78, 5) is 26.3. The molecule has 0 unspecified atom stereocenters. The Morgan fingerprint density at radius 1 is 0.750 bits per heavy atom. The number of hydrogen-bond donors (Lipinski definition) is 1. The van der Waals surface area contributed by atoms with E-state index in [0.29, 0.717) is 23.5 Å². The number of ether oxygens (including phenoxy) is 4. The minimum atomic E-state index is -0.700. The van der Waals surface area contributed by atoms with Crippen molar-refractivity contribution >= 4 is 23.1 Å². The lowest BCUT2D eigenvalue weighted by Crippen LogP contribution is -2.10. The van der Waals surface area contributed by atoms with Crippen molar-refractivity contribution in [2.45, 2.75) is 13.2 Å². The molecule has 0 aromatic heterocycles. The Kier molecular flexibility index (Phi) is 7.92. The lowest BCUT2D eigenvalue weighted by molar-refractivity contribution is -0.134. The van der Waals surface area contributed by atoms with Gasteiger partial charge in [0.2, 0.25) is 0 Å². The average Bonchev–Trinajstić information content (AvgIpc) is 3.32. The number of phenols is 1. The van der Waals surface area contributed by atoms with E-state index in [-0.39, 0.29) is 35.0 Å². The van der Waals surface area contributed by atoms with Gasteiger partial charge in [-0.3, -0.25) is 0 Å². The molecule has 7 nitrogen and oxygen atoms in total. The van der Waals surface area contributed by atoms with Crippen molar-refractivity contribution in [1.82, 2.24) is 0 Å². The minimum Gasteiger partial charge on any atom is -0.508 e. The molecular formula is C33H26O7. The average molecular weight is 535 g/mol. The summed E-state index contributed by atoms with van der Waals surface area (Å²) in [6.07, 6.45) is 0. The zero-order valence-corrected chi connectivity index (χ0v) is 21.7. The van der Waals surface area contributed by atoms with Crippen LogP contribution in [0.4, 0.5) is 0 Å². The number of rotatable bonds is 9. The number of carbonyl (C=O) groups excluding carboxylic acids is 2. The summed E-state index contributed by atoms with van der Waals surface area (Å²) in [6.45, 7) is 0.511. The first-order chi connectivity index (χ1) is 19.5. The van der Waals surface area contributed by atoms with Crippen LogP contribution in [0.5, 0.6) is 11.5 Å². The Bertz CT molecular complexity index is 1550. The maximum Gasteiger partial charge on any atom is 0.348 e. The molecule has 0 saturated heterocycles. The van der Waals surface area contributed by atoms with Crippen LogP contribution in [-0.2, 0) is 37.0 Å². The third-order valence-corrected chi connectivity index (χ3v) is 6.22. The second-order valence-electron chi connectivity index (χ2n) is 8.91. The van der Waals surface area contributed by atoms with Gasteiger partial charge in [0.05, 0.1) is 7.11 Å². The highest BCUT2D eigenvalue weighted by Gasteiger charge is 2.37. The summed E-state index contributed by atoms with van der Waals surface area (Å²) in [5.41, 5.74) is 2.97. The summed E-state index contributed by atoms with van der Waals surface area (Å²) < 4.78 is 22.8. The number of cyclic esters (lactones) is 1. The molecule has 40 heavy (non-hydrogen) atoms. The summed E-state index contributed by atoms with van der Waals surface area (Å²) in [6, 6.07) is 32.1. The summed E-state index contributed by atoms with van der Waals surface area (Å²) >= 11 is 0. The highest BCUT2D eigenvalue weighted by atomic mass is 16.6. The van der Waals surface area contributed by atoms with Crippen LogP contribution in [0.2, 0.25) is 0 Å². The molecule has 4 aromatic rings. The van der Waals surface area contributed by atoms with Gasteiger partial charge in [0, 0.05) is 0 Å². The molecule has 5 rings (SSSR count). The van der Waals surface area contributed by atoms with Crippen LogP contribution >= 0.6 is 0 Å². The van der Waals surface area contributed by atoms with Gasteiger partial charge in [-0.05, 0) is 46.5 Å². The monoisotopic (exact) mass is 534 g/mol. The third kappa shape index (κ3) is 5.89. The van der Waals surface area contributed by atoms with Crippen LogP contribution in [0.3, 0.4) is 0 Å². The van der Waals surface area contributed by atoms with Crippen molar-refractivity contribution in [2.24, 2.45) is 0 Å². The highest BCUT2D eigenvalue weighted by Crippen LogP contribution is 2.39. The van der Waals surface area contributed by atoms with Crippen LogP contribution in [0.15, 0.2) is 121 Å². The second kappa shape index (κ2) is 12.0. The van der Waals surface area contributed by atoms with Gasteiger partial charge >= 0.3 is 11.9 Å². The van der Waals surface area contributed by atoms with E-state index in [9.17, 15) is 14.7 Å². The molecular weight excluding hydrogens is 508 g/mol. The number of carbonyl (C=O) groups is 2. The maximum atomic E-state index is 13.2. The van der Waals surface area contributed by atoms with E-state index in [1.807, 2.05) is 60.7 Å². The fourth-order valence-corrected chi connectivity index (χ4v) is 4.21. The fraction of sp³-hybridized carbons (Fsp3) is 0.0909. The van der Waals surface area contributed by atoms with Crippen molar-refractivity contribution in [2.75, 3.05) is 7.11 Å². The zero-order valence-electron chi connectivity index (χ0n) is 21.7. The number of esters is 2. The molecule has 0 saturated carbocycles. The van der Waals surface area contributed by atoms with Crippen molar-refractivity contribution in [1.29, 1.82) is 0 Å². The Labute approximate surface area is 231 Å². The van der Waals surface area contributed by atoms with Gasteiger partial charge in [0.15, 0.2) is 11.5 Å². The molecule has 0 radical (unpaired) electrons. The molecule has 4 aromatic carbocycles. The Morgan fingerprint density at radius 2 is 1.32 bits per heavy atom. The number of phenolic OH excluding ortho intramolecular Hbond substituents is 1. The van der Waals surface area contributed by atoms with E-state index >= 15 is 0 Å². The number of hydrogen-bond acceptors (Lipinski definition) is 7. The number of benzene rings is 4. The van der Waals surface area contributed by atoms with Crippen molar-refractivity contribution in [3.05, 3.63) is 143 Å². The number of aromatic hydroxyl groups is 1. The van der Waals surface area contributed by atoms with E-state index in [2.05, 4.69) is 0 Å². The van der Waals surface area contributed by atoms with Crippen LogP contribution in [0, 0.1) is 0 Å². The van der Waals surface area contributed by atoms with E-state index in [4.69, 9.17) is 18.9 Å². The van der Waals surface area contributed by atoms with Crippen molar-refractivity contribution in [3.8, 4) is 11.5 Å². The third-order valence-electron chi connectivity index (χ3n) is 6.22. The van der Waals surface area contributed by atoms with E-state index in [1.165, 1.54) is 19.2 Å². The predicted molar refractivity (Wildman–Crippen MR) is 149 cm³/mol. The fourth-order valence-electron chi connectivity index (χ4n) is 4.21. The SMILES string of the molecule is COC(=O)/C(=C1/OC(=O)C(c2ccc(O)cc2)=C1OCc1ccccc1)c1ccc(OCc2ccccc2)cc1. The zero-order chi connectivity index (χ0) is 27.9. The van der Waals surface area contributed by atoms with Gasteiger partial charge in [-0.2, -0.15) is 0 Å². The van der Waals surface area contributed by atoms with Gasteiger partial charge < -0.3 is 24.1 Å². The van der Waals surface area contributed by atoms with Gasteiger partial charge in [0.1, 0.15) is 35.9 Å². The van der Waals surface area contributed by atoms with Crippen LogP contribution in [0.25, 0.3) is 11.1 Å². The minimum absolute atomic E-state index is 0.0299. The predicted octanol–water partition coefficient (Wildman–Crippen LogP) is 6.04. The molecule has 1 aliphatic rings. The molecule has 0 amide bonds. The molecule has 200 valence electrons. The normalized spacial score (nSPS) is 14.0. The summed E-state index contributed by atoms with van der Waals surface area (Å²) in [5, 5.41) is 9.76. The summed E-state index contributed by atoms with van der Waals surface area (Å²) in [7, 11) is 1.26. The topological polar surface area (TPSA) is 91.3 Å². The van der Waals surface area contributed by atoms with E-state index < -0.39 is 11.9 Å². The van der Waals surface area contributed by atoms with Crippen LogP contribution in [-0.4, -0.2) is 24.2 Å². The van der Waals surface area contributed by atoms with Gasteiger partial charge in [-0.1, -0.05) is 84.9 Å². The highest BCUT2D eigenvalue weighted by molar-refractivity contribution is 6.25. The van der Waals surface area contributed by atoms with Crippen molar-refractivity contribution in [3.63, 3.8) is 0 Å². The second-order valence-corrected chi connectivity index (χ2v) is 8.91. The first-order valence-electron chi connectivity index (χ1n) is 12.6. The Balaban J connectivity index is 1.54. The van der Waals surface area contributed by atoms with Gasteiger partial charge in [0.25, 0.3) is 0 Å². The Morgan fingerprint density at radius 3 is 1.90 bits per heavy atom. The molecule has 0 atom stereocenters. The molecule has 0 spiro atoms. The van der Waals surface area contributed by atoms with Crippen LogP contribution < -0.4 is 4.74 Å². The Hall–Kier alpha value is -5.30. The lowest BCUT2D eigenvalue weighted by atomic mass is 10.0. The van der Waals surface area contributed by atoms with Gasteiger partial charge in [-0.15, -0.1) is 0 Å². The van der Waals surface area contributed by atoms with Gasteiger partial charge in [-0.25, -0.2) is 9.59 Å². The first kappa shape index (κ1) is 26.3. The summed E-state index contributed by atoms with van der Waals surface area (Å²) in [5.74, 6) is -0.686. The van der Waals surface area contributed by atoms with E-state index in [1.54, 1.807) is 36.4 Å². The molecule has 0 bridgehead atoms. The molecule has 0 fully saturated rings. The molecule has 1 N–H and O–H groups in total. The van der Waals surface area contributed by atoms with Crippen LogP contribution in [0.1, 0.15) is 22.3 Å². The smallest absolute Gasteiger partial charge is 0.348 e. The number of methoxy groups -OCH3 is 1. The molecule has 1 aliphatic heterocycles.